The molecule has 2 heterocycles. The van der Waals surface area contributed by atoms with E-state index in [0.29, 0.717) is 18.3 Å². The lowest BCUT2D eigenvalue weighted by Crippen LogP contribution is -2.42. The van der Waals surface area contributed by atoms with E-state index in [1.807, 2.05) is 24.3 Å². The molecule has 6 nitrogen and oxygen atoms in total. The highest BCUT2D eigenvalue weighted by Gasteiger charge is 2.26. The summed E-state index contributed by atoms with van der Waals surface area (Å²) in [5.74, 6) is 1.39. The van der Waals surface area contributed by atoms with Gasteiger partial charge in [-0.2, -0.15) is 4.98 Å². The van der Waals surface area contributed by atoms with Gasteiger partial charge in [0, 0.05) is 23.1 Å². The fourth-order valence-electron chi connectivity index (χ4n) is 3.03. The molecule has 1 aliphatic heterocycles. The Bertz CT molecular complexity index is 701. The number of hydrogen-bond acceptors (Lipinski definition) is 5. The van der Waals surface area contributed by atoms with Crippen molar-refractivity contribution >= 4 is 21.8 Å². The van der Waals surface area contributed by atoms with Gasteiger partial charge in [0.15, 0.2) is 0 Å². The van der Waals surface area contributed by atoms with Gasteiger partial charge in [-0.25, -0.2) is 0 Å². The normalized spacial score (nSPS) is 18.2. The average Bonchev–Trinajstić information content (AvgIpc) is 3.09. The second-order valence-corrected chi connectivity index (χ2v) is 7.30. The van der Waals surface area contributed by atoms with Crippen LogP contribution in [-0.2, 0) is 11.3 Å². The van der Waals surface area contributed by atoms with Crippen LogP contribution in [0.1, 0.15) is 32.1 Å². The van der Waals surface area contributed by atoms with Crippen LogP contribution >= 0.6 is 15.9 Å². The van der Waals surface area contributed by atoms with Gasteiger partial charge in [-0.15, -0.1) is 0 Å². The Kier molecular flexibility index (Phi) is 6.20. The van der Waals surface area contributed by atoms with Gasteiger partial charge in [-0.05, 0) is 50.1 Å². The van der Waals surface area contributed by atoms with Crippen LogP contribution < -0.4 is 5.32 Å². The Morgan fingerprint density at radius 2 is 2.20 bits per heavy atom. The molecule has 1 saturated heterocycles. The quantitative estimate of drug-likeness (QED) is 0.796. The summed E-state index contributed by atoms with van der Waals surface area (Å²) >= 11 is 3.42. The summed E-state index contributed by atoms with van der Waals surface area (Å²) in [4.78, 5) is 18.9. The summed E-state index contributed by atoms with van der Waals surface area (Å²) in [5.41, 5.74) is 0.925. The van der Waals surface area contributed by atoms with Gasteiger partial charge < -0.3 is 9.84 Å². The second kappa shape index (κ2) is 8.58. The number of nitrogens with one attached hydrogen (secondary N) is 1. The summed E-state index contributed by atoms with van der Waals surface area (Å²) in [7, 11) is 0. The van der Waals surface area contributed by atoms with Crippen molar-refractivity contribution in [1.82, 2.24) is 20.4 Å². The molecule has 7 heteroatoms. The van der Waals surface area contributed by atoms with Crippen molar-refractivity contribution in [3.63, 3.8) is 0 Å². The number of benzene rings is 1. The first-order valence-corrected chi connectivity index (χ1v) is 9.53. The Labute approximate surface area is 156 Å². The van der Waals surface area contributed by atoms with E-state index in [9.17, 15) is 4.79 Å². The maximum Gasteiger partial charge on any atom is 0.241 e. The third-order valence-corrected chi connectivity index (χ3v) is 4.88. The SMILES string of the molecule is CCCNC(=O)C1CCCN(Cc2nc(-c3ccc(Br)cc3)no2)C1. The molecule has 1 amide bonds. The Morgan fingerprint density at radius 1 is 1.40 bits per heavy atom. The van der Waals surface area contributed by atoms with Crippen molar-refractivity contribution in [3.05, 3.63) is 34.6 Å². The van der Waals surface area contributed by atoms with Crippen molar-refractivity contribution in [3.8, 4) is 11.4 Å². The zero-order valence-electron chi connectivity index (χ0n) is 14.4. The molecule has 3 rings (SSSR count). The number of amides is 1. The largest absolute Gasteiger partial charge is 0.356 e. The summed E-state index contributed by atoms with van der Waals surface area (Å²) in [5, 5.41) is 7.06. The fourth-order valence-corrected chi connectivity index (χ4v) is 3.30. The van der Waals surface area contributed by atoms with E-state index in [0.717, 1.165) is 48.9 Å². The summed E-state index contributed by atoms with van der Waals surface area (Å²) in [6.45, 7) is 5.09. The molecule has 1 unspecified atom stereocenters. The number of nitrogens with zero attached hydrogens (tertiary/aromatic N) is 3. The Hall–Kier alpha value is -1.73. The topological polar surface area (TPSA) is 71.3 Å². The first kappa shape index (κ1) is 18.1. The Balaban J connectivity index is 1.59. The zero-order chi connectivity index (χ0) is 17.6. The van der Waals surface area contributed by atoms with Crippen LogP contribution in [0.3, 0.4) is 0 Å². The standard InChI is InChI=1S/C18H23BrN4O2/c1-2-9-20-18(24)14-4-3-10-23(11-14)12-16-21-17(22-25-16)13-5-7-15(19)8-6-13/h5-8,14H,2-4,9-12H2,1H3,(H,20,24). The maximum atomic E-state index is 12.2. The van der Waals surface area contributed by atoms with E-state index in [-0.39, 0.29) is 11.8 Å². The molecule has 0 bridgehead atoms. The van der Waals surface area contributed by atoms with Gasteiger partial charge in [0.25, 0.3) is 0 Å². The predicted octanol–water partition coefficient (Wildman–Crippen LogP) is 3.24. The predicted molar refractivity (Wildman–Crippen MR) is 98.7 cm³/mol. The monoisotopic (exact) mass is 406 g/mol. The van der Waals surface area contributed by atoms with Gasteiger partial charge in [0.05, 0.1) is 12.5 Å². The molecule has 0 aliphatic carbocycles. The first-order chi connectivity index (χ1) is 12.2. The lowest BCUT2D eigenvalue weighted by molar-refractivity contribution is -0.126. The molecule has 1 fully saturated rings. The molecular weight excluding hydrogens is 384 g/mol. The number of carbonyl (C=O) groups excluding carboxylic acids is 1. The molecule has 0 spiro atoms. The fraction of sp³-hybridized carbons (Fsp3) is 0.500. The van der Waals surface area contributed by atoms with Gasteiger partial charge in [0.2, 0.25) is 17.6 Å². The van der Waals surface area contributed by atoms with Gasteiger partial charge in [-0.3, -0.25) is 9.69 Å². The number of halogens is 1. The lowest BCUT2D eigenvalue weighted by Gasteiger charge is -2.30. The first-order valence-electron chi connectivity index (χ1n) is 8.74. The molecular formula is C18H23BrN4O2. The van der Waals surface area contributed by atoms with Crippen molar-refractivity contribution < 1.29 is 9.32 Å². The van der Waals surface area contributed by atoms with Crippen molar-refractivity contribution in [2.45, 2.75) is 32.7 Å². The number of rotatable bonds is 6. The van der Waals surface area contributed by atoms with E-state index in [1.165, 1.54) is 0 Å². The third kappa shape index (κ3) is 4.89. The summed E-state index contributed by atoms with van der Waals surface area (Å²) in [6, 6.07) is 7.81. The molecule has 2 aromatic rings. The minimum Gasteiger partial charge on any atom is -0.356 e. The van der Waals surface area contributed by atoms with Gasteiger partial charge >= 0.3 is 0 Å². The maximum absolute atomic E-state index is 12.2. The molecule has 1 aromatic heterocycles. The van der Waals surface area contributed by atoms with Crippen molar-refractivity contribution in [2.75, 3.05) is 19.6 Å². The smallest absolute Gasteiger partial charge is 0.241 e. The highest BCUT2D eigenvalue weighted by molar-refractivity contribution is 9.10. The summed E-state index contributed by atoms with van der Waals surface area (Å²) < 4.78 is 6.41. The minimum absolute atomic E-state index is 0.0502. The van der Waals surface area contributed by atoms with Crippen LogP contribution in [-0.4, -0.2) is 40.6 Å². The van der Waals surface area contributed by atoms with Crippen LogP contribution in [0, 0.1) is 5.92 Å². The zero-order valence-corrected chi connectivity index (χ0v) is 16.0. The van der Waals surface area contributed by atoms with E-state index in [1.54, 1.807) is 0 Å². The second-order valence-electron chi connectivity index (χ2n) is 6.38. The van der Waals surface area contributed by atoms with Crippen LogP contribution in [0.5, 0.6) is 0 Å². The Morgan fingerprint density at radius 3 is 2.96 bits per heavy atom. The lowest BCUT2D eigenvalue weighted by atomic mass is 9.97. The van der Waals surface area contributed by atoms with Crippen molar-refractivity contribution in [1.29, 1.82) is 0 Å². The highest BCUT2D eigenvalue weighted by atomic mass is 79.9. The van der Waals surface area contributed by atoms with E-state index in [4.69, 9.17) is 4.52 Å². The van der Waals surface area contributed by atoms with E-state index >= 15 is 0 Å². The van der Waals surface area contributed by atoms with Crippen LogP contribution in [0.2, 0.25) is 0 Å². The number of carbonyl (C=O) groups is 1. The van der Waals surface area contributed by atoms with Crippen LogP contribution in [0.15, 0.2) is 33.3 Å². The highest BCUT2D eigenvalue weighted by Crippen LogP contribution is 2.21. The molecule has 1 aromatic carbocycles. The van der Waals surface area contributed by atoms with Crippen LogP contribution in [0.25, 0.3) is 11.4 Å². The third-order valence-electron chi connectivity index (χ3n) is 4.35. The van der Waals surface area contributed by atoms with Gasteiger partial charge in [0.1, 0.15) is 0 Å². The number of piperidine rings is 1. The molecule has 0 saturated carbocycles. The number of hydrogen-bond donors (Lipinski definition) is 1. The summed E-state index contributed by atoms with van der Waals surface area (Å²) in [6.07, 6.45) is 2.92. The molecule has 0 radical (unpaired) electrons. The van der Waals surface area contributed by atoms with Gasteiger partial charge in [-0.1, -0.05) is 28.0 Å². The molecule has 1 atom stereocenters. The number of aromatic nitrogens is 2. The molecule has 134 valence electrons. The van der Waals surface area contributed by atoms with Crippen molar-refractivity contribution in [2.24, 2.45) is 5.92 Å². The average molecular weight is 407 g/mol. The minimum atomic E-state index is 0.0502. The molecule has 25 heavy (non-hydrogen) atoms. The number of likely N-dealkylation sites (tertiary alicyclic amines) is 1. The molecule has 1 N–H and O–H groups in total. The van der Waals surface area contributed by atoms with E-state index < -0.39 is 0 Å². The van der Waals surface area contributed by atoms with Crippen LogP contribution in [0.4, 0.5) is 0 Å². The molecule has 1 aliphatic rings. The van der Waals surface area contributed by atoms with E-state index in [2.05, 4.69) is 43.2 Å².